The minimum atomic E-state index is -0.974. The normalized spacial score (nSPS) is 33.3. The summed E-state index contributed by atoms with van der Waals surface area (Å²) in [6.45, 7) is 26.1. The fourth-order valence-corrected chi connectivity index (χ4v) is 13.6. The SMILES string of the molecule is CC(C)C1=C2C3CCC4C5CCC(OC(=O)CC(C)(C)C(=O)OC(C)(C)C)C(C)(C)C5CCC4(C)C3(C)CCC2(C(O)CN(CCN(C)C)Cc2ccc(Cl)cc2)CC1=O. The van der Waals surface area contributed by atoms with E-state index in [4.69, 9.17) is 21.1 Å². The van der Waals surface area contributed by atoms with Crippen molar-refractivity contribution in [3.63, 3.8) is 0 Å². The Balaban J connectivity index is 1.23. The second-order valence-corrected chi connectivity index (χ2v) is 23.7. The molecule has 6 rings (SSSR count). The van der Waals surface area contributed by atoms with Crippen molar-refractivity contribution in [2.75, 3.05) is 33.7 Å². The van der Waals surface area contributed by atoms with Gasteiger partial charge in [0, 0.05) is 48.5 Å². The topological polar surface area (TPSA) is 96.4 Å². The molecule has 5 aliphatic rings. The van der Waals surface area contributed by atoms with Crippen LogP contribution in [0, 0.1) is 56.7 Å². The van der Waals surface area contributed by atoms with E-state index in [1.807, 2.05) is 32.9 Å². The van der Waals surface area contributed by atoms with Crippen LogP contribution in [0.5, 0.6) is 0 Å². The lowest BCUT2D eigenvalue weighted by atomic mass is 9.35. The number of carbonyl (C=O) groups is 3. The Morgan fingerprint density at radius 2 is 1.55 bits per heavy atom. The van der Waals surface area contributed by atoms with Gasteiger partial charge in [-0.15, -0.1) is 0 Å². The smallest absolute Gasteiger partial charge is 0.312 e. The molecule has 4 saturated carbocycles. The van der Waals surface area contributed by atoms with Gasteiger partial charge >= 0.3 is 11.9 Å². The minimum Gasteiger partial charge on any atom is -0.462 e. The number of ketones is 1. The lowest BCUT2D eigenvalue weighted by Gasteiger charge is -2.69. The highest BCUT2D eigenvalue weighted by Gasteiger charge is 2.68. The second-order valence-electron chi connectivity index (χ2n) is 23.2. The fourth-order valence-electron chi connectivity index (χ4n) is 13.5. The summed E-state index contributed by atoms with van der Waals surface area (Å²) in [5.74, 6) is 1.41. The second kappa shape index (κ2) is 17.0. The summed E-state index contributed by atoms with van der Waals surface area (Å²) >= 11 is 6.25. The van der Waals surface area contributed by atoms with E-state index in [-0.39, 0.29) is 58.3 Å². The van der Waals surface area contributed by atoms with E-state index in [2.05, 4.69) is 77.6 Å². The highest BCUT2D eigenvalue weighted by molar-refractivity contribution is 6.30. The van der Waals surface area contributed by atoms with E-state index in [1.54, 1.807) is 13.8 Å². The number of fused-ring (bicyclic) bond motifs is 7. The van der Waals surface area contributed by atoms with Crippen LogP contribution >= 0.6 is 11.6 Å². The van der Waals surface area contributed by atoms with Crippen LogP contribution in [-0.2, 0) is 30.4 Å². The van der Waals surface area contributed by atoms with Crippen LogP contribution in [0.4, 0.5) is 0 Å². The maximum absolute atomic E-state index is 14.3. The van der Waals surface area contributed by atoms with E-state index in [0.29, 0.717) is 37.3 Å². The van der Waals surface area contributed by atoms with Gasteiger partial charge in [-0.1, -0.05) is 70.8 Å². The summed E-state index contributed by atoms with van der Waals surface area (Å²) in [6, 6.07) is 8.03. The van der Waals surface area contributed by atoms with E-state index < -0.39 is 22.5 Å². The minimum absolute atomic E-state index is 0.00117. The number of rotatable bonds is 13. The summed E-state index contributed by atoms with van der Waals surface area (Å²) in [5, 5.41) is 13.4. The molecule has 9 heteroatoms. The zero-order valence-corrected chi connectivity index (χ0v) is 40.3. The average molecular weight is 852 g/mol. The van der Waals surface area contributed by atoms with Gasteiger partial charge < -0.3 is 19.5 Å². The van der Waals surface area contributed by atoms with Gasteiger partial charge in [-0.25, -0.2) is 0 Å². The number of allylic oxidation sites excluding steroid dienone is 1. The van der Waals surface area contributed by atoms with Crippen molar-refractivity contribution in [3.05, 3.63) is 46.0 Å². The molecule has 9 unspecified atom stereocenters. The number of Topliss-reactive ketones (excluding diaryl/α,β-unsaturated/α-hetero) is 1. The van der Waals surface area contributed by atoms with Gasteiger partial charge in [0.1, 0.15) is 11.7 Å². The van der Waals surface area contributed by atoms with Gasteiger partial charge in [0.25, 0.3) is 0 Å². The Kier molecular flexibility index (Phi) is 13.4. The molecule has 0 radical (unpaired) electrons. The van der Waals surface area contributed by atoms with Gasteiger partial charge in [-0.3, -0.25) is 19.3 Å². The maximum atomic E-state index is 14.3. The van der Waals surface area contributed by atoms with Gasteiger partial charge in [0.15, 0.2) is 5.78 Å². The highest BCUT2D eigenvalue weighted by atomic mass is 35.5. The van der Waals surface area contributed by atoms with E-state index >= 15 is 0 Å². The number of benzene rings is 1. The summed E-state index contributed by atoms with van der Waals surface area (Å²) in [4.78, 5) is 45.4. The van der Waals surface area contributed by atoms with Crippen molar-refractivity contribution < 1.29 is 29.0 Å². The molecule has 0 heterocycles. The van der Waals surface area contributed by atoms with Gasteiger partial charge in [0.05, 0.1) is 17.9 Å². The highest BCUT2D eigenvalue weighted by Crippen LogP contribution is 2.74. The van der Waals surface area contributed by atoms with Crippen molar-refractivity contribution in [3.8, 4) is 0 Å². The third kappa shape index (κ3) is 8.80. The van der Waals surface area contributed by atoms with Crippen LogP contribution in [-0.4, -0.2) is 84.2 Å². The number of aliphatic hydroxyl groups excluding tert-OH is 1. The molecule has 4 fully saturated rings. The molecule has 0 amide bonds. The first-order valence-corrected chi connectivity index (χ1v) is 23.6. The Labute approximate surface area is 367 Å². The number of hydrogen-bond acceptors (Lipinski definition) is 8. The van der Waals surface area contributed by atoms with Crippen LogP contribution in [0.15, 0.2) is 35.4 Å². The Morgan fingerprint density at radius 3 is 2.17 bits per heavy atom. The number of ether oxygens (including phenoxy) is 2. The molecule has 0 spiro atoms. The monoisotopic (exact) mass is 851 g/mol. The number of esters is 2. The van der Waals surface area contributed by atoms with Crippen molar-refractivity contribution in [1.29, 1.82) is 0 Å². The van der Waals surface area contributed by atoms with E-state index in [9.17, 15) is 19.5 Å². The van der Waals surface area contributed by atoms with Crippen molar-refractivity contribution in [2.24, 2.45) is 56.7 Å². The lowest BCUT2D eigenvalue weighted by Crippen LogP contribution is -2.63. The fraction of sp³-hybridized carbons (Fsp3) is 0.784. The predicted molar refractivity (Wildman–Crippen MR) is 240 cm³/mol. The molecule has 8 nitrogen and oxygen atoms in total. The van der Waals surface area contributed by atoms with Gasteiger partial charge in [0.2, 0.25) is 0 Å². The molecule has 0 bridgehead atoms. The first-order chi connectivity index (χ1) is 27.8. The molecule has 60 heavy (non-hydrogen) atoms. The summed E-state index contributed by atoms with van der Waals surface area (Å²) in [7, 11) is 4.18. The van der Waals surface area contributed by atoms with Crippen molar-refractivity contribution in [1.82, 2.24) is 9.80 Å². The van der Waals surface area contributed by atoms with Crippen LogP contribution in [0.3, 0.4) is 0 Å². The van der Waals surface area contributed by atoms with E-state index in [1.165, 1.54) is 11.1 Å². The molecule has 336 valence electrons. The first-order valence-electron chi connectivity index (χ1n) is 23.3. The summed E-state index contributed by atoms with van der Waals surface area (Å²) in [5.41, 5.74) is 1.23. The summed E-state index contributed by atoms with van der Waals surface area (Å²) < 4.78 is 12.0. The maximum Gasteiger partial charge on any atom is 0.312 e. The molecule has 0 aromatic heterocycles. The number of aliphatic hydroxyl groups is 1. The van der Waals surface area contributed by atoms with Gasteiger partial charge in [-0.2, -0.15) is 0 Å². The largest absolute Gasteiger partial charge is 0.462 e. The van der Waals surface area contributed by atoms with Crippen LogP contribution in [0.2, 0.25) is 5.02 Å². The number of halogens is 1. The van der Waals surface area contributed by atoms with Crippen LogP contribution < -0.4 is 0 Å². The first kappa shape index (κ1) is 47.2. The lowest BCUT2D eigenvalue weighted by molar-refractivity contribution is -0.204. The van der Waals surface area contributed by atoms with Gasteiger partial charge in [-0.05, 0) is 164 Å². The molecule has 0 saturated heterocycles. The zero-order chi connectivity index (χ0) is 44.4. The molecule has 1 aromatic rings. The number of likely N-dealkylation sites (N-methyl/N-ethyl adjacent to an activating group) is 1. The molecule has 1 N–H and O–H groups in total. The molecule has 1 aromatic carbocycles. The molecular weight excluding hydrogens is 772 g/mol. The van der Waals surface area contributed by atoms with Crippen LogP contribution in [0.1, 0.15) is 146 Å². The van der Waals surface area contributed by atoms with E-state index in [0.717, 1.165) is 75.1 Å². The molecule has 5 aliphatic carbocycles. The third-order valence-corrected chi connectivity index (χ3v) is 17.1. The Morgan fingerprint density at radius 1 is 0.883 bits per heavy atom. The number of nitrogens with zero attached hydrogens (tertiary/aromatic N) is 2. The van der Waals surface area contributed by atoms with Crippen LogP contribution in [0.25, 0.3) is 0 Å². The quantitative estimate of drug-likeness (QED) is 0.196. The molecular formula is C51H79ClN2O6. The predicted octanol–water partition coefficient (Wildman–Crippen LogP) is 10.3. The average Bonchev–Trinajstić information content (AvgIpc) is 3.45. The zero-order valence-electron chi connectivity index (χ0n) is 39.5. The molecule has 0 aliphatic heterocycles. The third-order valence-electron chi connectivity index (χ3n) is 16.9. The van der Waals surface area contributed by atoms with Crippen molar-refractivity contribution >= 4 is 29.3 Å². The summed E-state index contributed by atoms with van der Waals surface area (Å²) in [6.07, 6.45) is 7.60. The standard InChI is InChI=1S/C51H79ClN2O6/c1-32(2)43-39(55)28-51(40(56)31-54(27-26-53(12)13)30-33-14-16-34(52)17-15-33)25-24-50(11)38(44(43)51)20-19-37-35-18-21-41(48(8,9)36(35)22-23-49(37,50)10)59-42(57)29-47(6,7)45(58)60-46(3,4)5/h14-17,32,35-38,40-41,56H,18-31H2,1-13H3. The number of hydrogen-bond donors (Lipinski definition) is 1. The van der Waals surface area contributed by atoms with Crippen molar-refractivity contribution in [2.45, 2.75) is 165 Å². The Hall–Kier alpha value is -2.26. The molecule has 9 atom stereocenters. The number of carbonyl (C=O) groups excluding carboxylic acids is 3. The Bertz CT molecular complexity index is 1790.